The largest absolute Gasteiger partial charge is 0.463 e. The summed E-state index contributed by atoms with van der Waals surface area (Å²) in [6, 6.07) is -0.920. The van der Waals surface area contributed by atoms with E-state index >= 15 is 0 Å². The van der Waals surface area contributed by atoms with Crippen molar-refractivity contribution in [3.8, 4) is 0 Å². The fraction of sp³-hybridized carbons (Fsp3) is 0.808. The van der Waals surface area contributed by atoms with Gasteiger partial charge in [0.05, 0.1) is 18.7 Å². The molecule has 1 rings (SSSR count). The van der Waals surface area contributed by atoms with Gasteiger partial charge in [-0.2, -0.15) is 0 Å². The molecular formula is C26H47N3O4. The molecule has 7 heteroatoms. The fourth-order valence-corrected chi connectivity index (χ4v) is 4.41. The average Bonchev–Trinajstić information content (AvgIpc) is 2.73. The number of hydrogen-bond donors (Lipinski definition) is 1. The third-order valence-corrected chi connectivity index (χ3v) is 6.41. The number of amides is 2. The normalized spacial score (nSPS) is 19.9. The Hall–Kier alpha value is -1.89. The van der Waals surface area contributed by atoms with Gasteiger partial charge in [-0.1, -0.05) is 47.1 Å². The van der Waals surface area contributed by atoms with Gasteiger partial charge in [-0.05, 0) is 58.4 Å². The molecule has 0 aromatic carbocycles. The Labute approximate surface area is 201 Å². The molecular weight excluding hydrogens is 418 g/mol. The van der Waals surface area contributed by atoms with Crippen molar-refractivity contribution in [3.63, 3.8) is 0 Å². The zero-order chi connectivity index (χ0) is 25.5. The summed E-state index contributed by atoms with van der Waals surface area (Å²) in [5.41, 5.74) is 0.000989. The maximum absolute atomic E-state index is 13.7. The van der Waals surface area contributed by atoms with Crippen LogP contribution in [0.3, 0.4) is 0 Å². The molecule has 0 saturated carbocycles. The molecule has 1 N–H and O–H groups in total. The molecule has 1 heterocycles. The number of carbonyl (C=O) groups excluding carboxylic acids is 3. The van der Waals surface area contributed by atoms with Crippen molar-refractivity contribution >= 4 is 17.8 Å². The van der Waals surface area contributed by atoms with Gasteiger partial charge < -0.3 is 15.0 Å². The van der Waals surface area contributed by atoms with E-state index in [4.69, 9.17) is 4.74 Å². The fourth-order valence-electron chi connectivity index (χ4n) is 4.41. The molecule has 3 atom stereocenters. The first-order valence-electron chi connectivity index (χ1n) is 12.4. The van der Waals surface area contributed by atoms with E-state index in [-0.39, 0.29) is 41.8 Å². The smallest absolute Gasteiger partial charge is 0.333 e. The van der Waals surface area contributed by atoms with Crippen LogP contribution < -0.4 is 5.32 Å². The summed E-state index contributed by atoms with van der Waals surface area (Å²) in [5.74, 6) is -0.538. The monoisotopic (exact) mass is 465 g/mol. The number of ether oxygens (including phenoxy) is 1. The number of nitrogens with zero attached hydrogens (tertiary/aromatic N) is 2. The molecule has 7 nitrogen and oxygen atoms in total. The lowest BCUT2D eigenvalue weighted by atomic mass is 9.84. The minimum absolute atomic E-state index is 0.0782. The van der Waals surface area contributed by atoms with Crippen LogP contribution in [0.2, 0.25) is 0 Å². The van der Waals surface area contributed by atoms with Crippen molar-refractivity contribution in [1.29, 1.82) is 0 Å². The third-order valence-electron chi connectivity index (χ3n) is 6.41. The Balaban J connectivity index is 3.15. The maximum atomic E-state index is 13.7. The molecule has 1 aliphatic rings. The predicted octanol–water partition coefficient (Wildman–Crippen LogP) is 3.77. The zero-order valence-corrected chi connectivity index (χ0v) is 22.5. The summed E-state index contributed by atoms with van der Waals surface area (Å²) in [6.07, 6.45) is 4.71. The first-order valence-corrected chi connectivity index (χ1v) is 12.4. The number of likely N-dealkylation sites (tertiary alicyclic amines) is 1. The van der Waals surface area contributed by atoms with E-state index < -0.39 is 11.5 Å². The van der Waals surface area contributed by atoms with Crippen LogP contribution in [0.15, 0.2) is 11.6 Å². The van der Waals surface area contributed by atoms with Crippen LogP contribution in [0, 0.1) is 11.3 Å². The lowest BCUT2D eigenvalue weighted by Gasteiger charge is -2.41. The van der Waals surface area contributed by atoms with Crippen LogP contribution in [0.4, 0.5) is 0 Å². The molecule has 1 aliphatic heterocycles. The van der Waals surface area contributed by atoms with Crippen LogP contribution in [-0.4, -0.2) is 72.0 Å². The van der Waals surface area contributed by atoms with Gasteiger partial charge >= 0.3 is 5.97 Å². The van der Waals surface area contributed by atoms with Crippen molar-refractivity contribution in [2.24, 2.45) is 11.3 Å². The van der Waals surface area contributed by atoms with Crippen molar-refractivity contribution < 1.29 is 19.1 Å². The molecule has 33 heavy (non-hydrogen) atoms. The number of hydrogen-bond acceptors (Lipinski definition) is 5. The summed E-state index contributed by atoms with van der Waals surface area (Å²) >= 11 is 0. The summed E-state index contributed by atoms with van der Waals surface area (Å²) in [7, 11) is 1.74. The lowest BCUT2D eigenvalue weighted by Crippen LogP contribution is -2.60. The number of piperidine rings is 1. The SMILES string of the molecule is CCOC(=O)/C(C)=C/[C@H](C(C)C)N(C)C(=O)C(NC(=O)[C@@H]1CCCCN1C(C)C)C(C)(C)C. The summed E-state index contributed by atoms with van der Waals surface area (Å²) in [5, 5.41) is 3.10. The van der Waals surface area contributed by atoms with Gasteiger partial charge in [0.1, 0.15) is 6.04 Å². The van der Waals surface area contributed by atoms with Crippen molar-refractivity contribution in [1.82, 2.24) is 15.1 Å². The molecule has 0 aromatic heterocycles. The quantitative estimate of drug-likeness (QED) is 0.414. The van der Waals surface area contributed by atoms with Gasteiger partial charge in [0.2, 0.25) is 11.8 Å². The number of likely N-dealkylation sites (N-methyl/N-ethyl adjacent to an activating group) is 1. The van der Waals surface area contributed by atoms with Gasteiger partial charge in [0.15, 0.2) is 0 Å². The van der Waals surface area contributed by atoms with Crippen LogP contribution in [0.25, 0.3) is 0 Å². The highest BCUT2D eigenvalue weighted by molar-refractivity contribution is 5.91. The Bertz CT molecular complexity index is 709. The molecule has 1 saturated heterocycles. The molecule has 0 spiro atoms. The Morgan fingerprint density at radius 1 is 1.15 bits per heavy atom. The molecule has 1 fully saturated rings. The Kier molecular flexibility index (Phi) is 11.1. The second kappa shape index (κ2) is 12.5. The molecule has 2 amide bonds. The van der Waals surface area contributed by atoms with E-state index in [9.17, 15) is 14.4 Å². The first kappa shape index (κ1) is 29.1. The summed E-state index contributed by atoms with van der Waals surface area (Å²) < 4.78 is 5.10. The topological polar surface area (TPSA) is 79.0 Å². The predicted molar refractivity (Wildman–Crippen MR) is 133 cm³/mol. The van der Waals surface area contributed by atoms with Crippen molar-refractivity contribution in [3.05, 3.63) is 11.6 Å². The van der Waals surface area contributed by atoms with Gasteiger partial charge in [-0.3, -0.25) is 14.5 Å². The van der Waals surface area contributed by atoms with E-state index in [2.05, 4.69) is 24.1 Å². The van der Waals surface area contributed by atoms with Crippen LogP contribution in [0.5, 0.6) is 0 Å². The molecule has 190 valence electrons. The zero-order valence-electron chi connectivity index (χ0n) is 22.5. The molecule has 0 bridgehead atoms. The van der Waals surface area contributed by atoms with E-state index in [1.807, 2.05) is 34.6 Å². The van der Waals surface area contributed by atoms with Gasteiger partial charge in [0, 0.05) is 18.7 Å². The van der Waals surface area contributed by atoms with Crippen molar-refractivity contribution in [2.75, 3.05) is 20.2 Å². The van der Waals surface area contributed by atoms with Gasteiger partial charge in [-0.15, -0.1) is 0 Å². The summed E-state index contributed by atoms with van der Waals surface area (Å²) in [6.45, 7) is 18.8. The number of carbonyl (C=O) groups is 3. The minimum Gasteiger partial charge on any atom is -0.463 e. The number of esters is 1. The number of nitrogens with one attached hydrogen (secondary N) is 1. The molecule has 0 radical (unpaired) electrons. The van der Waals surface area contributed by atoms with E-state index in [1.54, 1.807) is 31.9 Å². The standard InChI is InChI=1S/C26H47N3O4/c1-11-33-25(32)19(6)16-21(17(2)3)28(10)24(31)22(26(7,8)9)27-23(30)20-14-12-13-15-29(20)18(4)5/h16-18,20-22H,11-15H2,1-10H3,(H,27,30)/b19-16+/t20-,21+,22?/m0/s1. The molecule has 0 aromatic rings. The van der Waals surface area contributed by atoms with E-state index in [1.165, 1.54) is 0 Å². The first-order chi connectivity index (χ1) is 15.2. The van der Waals surface area contributed by atoms with Crippen LogP contribution in [-0.2, 0) is 19.1 Å². The van der Waals surface area contributed by atoms with Crippen LogP contribution in [0.1, 0.15) is 81.6 Å². The lowest BCUT2D eigenvalue weighted by molar-refractivity contribution is -0.142. The highest BCUT2D eigenvalue weighted by atomic mass is 16.5. The Morgan fingerprint density at radius 3 is 2.24 bits per heavy atom. The molecule has 0 aliphatic carbocycles. The highest BCUT2D eigenvalue weighted by Gasteiger charge is 2.39. The van der Waals surface area contributed by atoms with Gasteiger partial charge in [-0.25, -0.2) is 4.79 Å². The van der Waals surface area contributed by atoms with E-state index in [0.29, 0.717) is 12.2 Å². The van der Waals surface area contributed by atoms with Crippen molar-refractivity contribution in [2.45, 2.75) is 106 Å². The van der Waals surface area contributed by atoms with Crippen LogP contribution >= 0.6 is 0 Å². The second-order valence-corrected chi connectivity index (χ2v) is 10.9. The molecule has 1 unspecified atom stereocenters. The second-order valence-electron chi connectivity index (χ2n) is 10.9. The van der Waals surface area contributed by atoms with Gasteiger partial charge in [0.25, 0.3) is 0 Å². The Morgan fingerprint density at radius 2 is 1.76 bits per heavy atom. The minimum atomic E-state index is -0.677. The average molecular weight is 466 g/mol. The summed E-state index contributed by atoms with van der Waals surface area (Å²) in [4.78, 5) is 43.1. The highest BCUT2D eigenvalue weighted by Crippen LogP contribution is 2.26. The van der Waals surface area contributed by atoms with E-state index in [0.717, 1.165) is 25.8 Å². The maximum Gasteiger partial charge on any atom is 0.333 e. The third kappa shape index (κ3) is 8.13. The number of rotatable bonds is 9.